The van der Waals surface area contributed by atoms with Crippen LogP contribution in [0, 0.1) is 0 Å². The van der Waals surface area contributed by atoms with Crippen LogP contribution in [0.15, 0.2) is 30.6 Å². The van der Waals surface area contributed by atoms with Gasteiger partial charge in [-0.2, -0.15) is 5.10 Å². The van der Waals surface area contributed by atoms with E-state index in [-0.39, 0.29) is 0 Å². The molecule has 0 atom stereocenters. The third kappa shape index (κ3) is 2.61. The number of para-hydroxylation sites is 2. The van der Waals surface area contributed by atoms with Crippen molar-refractivity contribution >= 4 is 11.4 Å². The Labute approximate surface area is 119 Å². The Morgan fingerprint density at radius 3 is 3.10 bits per heavy atom. The smallest absolute Gasteiger partial charge is 0.146 e. The topological polar surface area (TPSA) is 46.0 Å². The van der Waals surface area contributed by atoms with E-state index in [0.29, 0.717) is 0 Å². The molecule has 20 heavy (non-hydrogen) atoms. The Morgan fingerprint density at radius 1 is 1.30 bits per heavy atom. The van der Waals surface area contributed by atoms with E-state index in [4.69, 9.17) is 0 Å². The first-order valence-corrected chi connectivity index (χ1v) is 7.33. The number of aromatic nitrogens is 3. The highest BCUT2D eigenvalue weighted by Gasteiger charge is 2.16. The molecule has 1 aliphatic heterocycles. The second-order valence-corrected chi connectivity index (χ2v) is 5.12. The van der Waals surface area contributed by atoms with Crippen molar-refractivity contribution in [2.24, 2.45) is 0 Å². The molecule has 0 aliphatic carbocycles. The van der Waals surface area contributed by atoms with Crippen LogP contribution < -0.4 is 10.2 Å². The SMILES string of the molecule is CCCn1ncnc1CN1CCCNc2ccccc21. The van der Waals surface area contributed by atoms with Crippen LogP contribution in [0.3, 0.4) is 0 Å². The molecule has 0 spiro atoms. The predicted molar refractivity (Wildman–Crippen MR) is 80.9 cm³/mol. The van der Waals surface area contributed by atoms with Crippen LogP contribution in [-0.2, 0) is 13.1 Å². The molecule has 5 nitrogen and oxygen atoms in total. The van der Waals surface area contributed by atoms with Gasteiger partial charge in [0.1, 0.15) is 12.2 Å². The molecule has 1 aliphatic rings. The molecule has 0 saturated heterocycles. The van der Waals surface area contributed by atoms with E-state index in [1.54, 1.807) is 6.33 Å². The lowest BCUT2D eigenvalue weighted by Crippen LogP contribution is -2.25. The van der Waals surface area contributed by atoms with Crippen LogP contribution in [-0.4, -0.2) is 27.9 Å². The Bertz CT molecular complexity index is 563. The summed E-state index contributed by atoms with van der Waals surface area (Å²) in [6.07, 6.45) is 3.87. The second kappa shape index (κ2) is 5.94. The van der Waals surface area contributed by atoms with Gasteiger partial charge in [-0.3, -0.25) is 0 Å². The van der Waals surface area contributed by atoms with Crippen LogP contribution in [0.1, 0.15) is 25.6 Å². The maximum atomic E-state index is 4.42. The summed E-state index contributed by atoms with van der Waals surface area (Å²) in [6, 6.07) is 8.49. The highest BCUT2D eigenvalue weighted by atomic mass is 15.3. The summed E-state index contributed by atoms with van der Waals surface area (Å²) in [4.78, 5) is 6.82. The normalized spacial score (nSPS) is 14.6. The van der Waals surface area contributed by atoms with Crippen LogP contribution in [0.5, 0.6) is 0 Å². The molecular weight excluding hydrogens is 250 g/mol. The number of nitrogens with one attached hydrogen (secondary N) is 1. The van der Waals surface area contributed by atoms with Crippen molar-refractivity contribution in [2.45, 2.75) is 32.9 Å². The maximum Gasteiger partial charge on any atom is 0.146 e. The molecule has 106 valence electrons. The molecule has 1 aromatic heterocycles. The van der Waals surface area contributed by atoms with Crippen LogP contribution >= 0.6 is 0 Å². The van der Waals surface area contributed by atoms with E-state index >= 15 is 0 Å². The highest BCUT2D eigenvalue weighted by molar-refractivity contribution is 5.70. The first kappa shape index (κ1) is 13.0. The number of nitrogens with zero attached hydrogens (tertiary/aromatic N) is 4. The molecule has 0 unspecified atom stereocenters. The molecule has 1 N–H and O–H groups in total. The van der Waals surface area contributed by atoms with E-state index < -0.39 is 0 Å². The van der Waals surface area contributed by atoms with E-state index in [2.05, 4.69) is 51.5 Å². The van der Waals surface area contributed by atoms with Crippen molar-refractivity contribution in [3.63, 3.8) is 0 Å². The summed E-state index contributed by atoms with van der Waals surface area (Å²) in [5, 5.41) is 7.80. The molecule has 3 rings (SSSR count). The van der Waals surface area contributed by atoms with Crippen LogP contribution in [0.25, 0.3) is 0 Å². The largest absolute Gasteiger partial charge is 0.383 e. The van der Waals surface area contributed by atoms with Crippen LogP contribution in [0.2, 0.25) is 0 Å². The first-order chi connectivity index (χ1) is 9.88. The third-order valence-electron chi connectivity index (χ3n) is 3.63. The van der Waals surface area contributed by atoms with Gasteiger partial charge in [-0.15, -0.1) is 0 Å². The van der Waals surface area contributed by atoms with Gasteiger partial charge in [-0.1, -0.05) is 19.1 Å². The average Bonchev–Trinajstić information content (AvgIpc) is 2.80. The quantitative estimate of drug-likeness (QED) is 0.928. The Kier molecular flexibility index (Phi) is 3.85. The number of fused-ring (bicyclic) bond motifs is 1. The van der Waals surface area contributed by atoms with Crippen molar-refractivity contribution in [3.8, 4) is 0 Å². The van der Waals surface area contributed by atoms with Gasteiger partial charge < -0.3 is 10.2 Å². The molecule has 0 radical (unpaired) electrons. The fourth-order valence-corrected chi connectivity index (χ4v) is 2.66. The van der Waals surface area contributed by atoms with Crippen molar-refractivity contribution in [3.05, 3.63) is 36.4 Å². The number of benzene rings is 1. The number of anilines is 2. The summed E-state index contributed by atoms with van der Waals surface area (Å²) in [6.45, 7) is 5.98. The Morgan fingerprint density at radius 2 is 2.20 bits per heavy atom. The second-order valence-electron chi connectivity index (χ2n) is 5.12. The Balaban J connectivity index is 1.85. The molecule has 1 aromatic carbocycles. The zero-order valence-corrected chi connectivity index (χ0v) is 11.9. The lowest BCUT2D eigenvalue weighted by Gasteiger charge is -2.24. The third-order valence-corrected chi connectivity index (χ3v) is 3.63. The van der Waals surface area contributed by atoms with Gasteiger partial charge >= 0.3 is 0 Å². The van der Waals surface area contributed by atoms with Gasteiger partial charge in [0.2, 0.25) is 0 Å². The average molecular weight is 271 g/mol. The summed E-state index contributed by atoms with van der Waals surface area (Å²) in [5.41, 5.74) is 2.47. The fraction of sp³-hybridized carbons (Fsp3) is 0.467. The summed E-state index contributed by atoms with van der Waals surface area (Å²) in [7, 11) is 0. The monoisotopic (exact) mass is 271 g/mol. The maximum absolute atomic E-state index is 4.42. The number of aryl methyl sites for hydroxylation is 1. The van der Waals surface area contributed by atoms with Crippen molar-refractivity contribution in [2.75, 3.05) is 23.3 Å². The van der Waals surface area contributed by atoms with Gasteiger partial charge in [0.25, 0.3) is 0 Å². The molecule has 2 heterocycles. The predicted octanol–water partition coefficient (Wildman–Crippen LogP) is 2.51. The fourth-order valence-electron chi connectivity index (χ4n) is 2.66. The lowest BCUT2D eigenvalue weighted by molar-refractivity contribution is 0.560. The van der Waals surface area contributed by atoms with Crippen molar-refractivity contribution in [1.82, 2.24) is 14.8 Å². The van der Waals surface area contributed by atoms with Crippen molar-refractivity contribution in [1.29, 1.82) is 0 Å². The summed E-state index contributed by atoms with van der Waals surface area (Å²) in [5.74, 6) is 1.04. The zero-order valence-electron chi connectivity index (χ0n) is 11.9. The Hall–Kier alpha value is -2.04. The molecule has 0 bridgehead atoms. The highest BCUT2D eigenvalue weighted by Crippen LogP contribution is 2.28. The molecule has 0 fully saturated rings. The lowest BCUT2D eigenvalue weighted by atomic mass is 10.2. The van der Waals surface area contributed by atoms with E-state index in [1.807, 2.05) is 4.68 Å². The number of hydrogen-bond acceptors (Lipinski definition) is 4. The van der Waals surface area contributed by atoms with Gasteiger partial charge in [-0.25, -0.2) is 9.67 Å². The minimum Gasteiger partial charge on any atom is -0.383 e. The molecular formula is C15H21N5. The summed E-state index contributed by atoms with van der Waals surface area (Å²) < 4.78 is 2.01. The van der Waals surface area contributed by atoms with Gasteiger partial charge in [0.15, 0.2) is 0 Å². The molecule has 0 saturated carbocycles. The van der Waals surface area contributed by atoms with E-state index in [0.717, 1.165) is 44.8 Å². The first-order valence-electron chi connectivity index (χ1n) is 7.33. The minimum absolute atomic E-state index is 0.818. The molecule has 5 heteroatoms. The van der Waals surface area contributed by atoms with Crippen LogP contribution in [0.4, 0.5) is 11.4 Å². The molecule has 0 amide bonds. The van der Waals surface area contributed by atoms with Gasteiger partial charge in [0, 0.05) is 19.6 Å². The number of rotatable bonds is 4. The molecule has 2 aromatic rings. The number of hydrogen-bond donors (Lipinski definition) is 1. The summed E-state index contributed by atoms with van der Waals surface area (Å²) >= 11 is 0. The minimum atomic E-state index is 0.818. The van der Waals surface area contributed by atoms with Gasteiger partial charge in [0.05, 0.1) is 17.9 Å². The zero-order chi connectivity index (χ0) is 13.8. The van der Waals surface area contributed by atoms with Crippen molar-refractivity contribution < 1.29 is 0 Å². The van der Waals surface area contributed by atoms with E-state index in [9.17, 15) is 0 Å². The van der Waals surface area contributed by atoms with E-state index in [1.165, 1.54) is 11.4 Å². The van der Waals surface area contributed by atoms with Gasteiger partial charge in [-0.05, 0) is 25.0 Å². The standard InChI is InChI=1S/C15H21N5/c1-2-9-20-15(17-12-18-20)11-19-10-5-8-16-13-6-3-4-7-14(13)19/h3-4,6-7,12,16H,2,5,8-11H2,1H3.